The van der Waals surface area contributed by atoms with E-state index in [0.29, 0.717) is 19.6 Å². The van der Waals surface area contributed by atoms with E-state index < -0.39 is 0 Å². The van der Waals surface area contributed by atoms with Crippen LogP contribution in [-0.4, -0.2) is 19.1 Å². The highest BCUT2D eigenvalue weighted by atomic mass is 16.5. The van der Waals surface area contributed by atoms with Crippen LogP contribution in [0.4, 0.5) is 0 Å². The molecule has 0 heterocycles. The Labute approximate surface area is 154 Å². The van der Waals surface area contributed by atoms with Gasteiger partial charge in [-0.1, -0.05) is 78.9 Å². The lowest BCUT2D eigenvalue weighted by molar-refractivity contribution is -0.121. The number of nitrogens with one attached hydrogen (secondary N) is 1. The minimum absolute atomic E-state index is 0.0272. The first-order chi connectivity index (χ1) is 12.8. The van der Waals surface area contributed by atoms with Crippen molar-refractivity contribution in [2.24, 2.45) is 0 Å². The second kappa shape index (κ2) is 9.42. The van der Waals surface area contributed by atoms with Crippen LogP contribution in [-0.2, 0) is 4.79 Å². The first-order valence-electron chi connectivity index (χ1n) is 8.87. The van der Waals surface area contributed by atoms with Gasteiger partial charge in [-0.2, -0.15) is 0 Å². The van der Waals surface area contributed by atoms with E-state index in [9.17, 15) is 4.79 Å². The van der Waals surface area contributed by atoms with Crippen molar-refractivity contribution in [1.29, 1.82) is 0 Å². The fraction of sp³-hybridized carbons (Fsp3) is 0.174. The molecule has 0 saturated carbocycles. The largest absolute Gasteiger partial charge is 0.492 e. The molecule has 0 unspecified atom stereocenters. The van der Waals surface area contributed by atoms with Crippen molar-refractivity contribution in [2.75, 3.05) is 13.2 Å². The molecule has 0 saturated heterocycles. The number of ether oxygens (including phenoxy) is 1. The SMILES string of the molecule is O=C(CC(c1ccccc1)c1ccccc1)NCCOc1ccccc1. The molecule has 0 aromatic heterocycles. The van der Waals surface area contributed by atoms with Crippen LogP contribution in [0.2, 0.25) is 0 Å². The molecule has 0 fully saturated rings. The molecule has 0 spiro atoms. The van der Waals surface area contributed by atoms with E-state index in [0.717, 1.165) is 16.9 Å². The summed E-state index contributed by atoms with van der Waals surface area (Å²) < 4.78 is 5.62. The van der Waals surface area contributed by atoms with Crippen LogP contribution < -0.4 is 10.1 Å². The van der Waals surface area contributed by atoms with E-state index in [1.54, 1.807) is 0 Å². The number of carbonyl (C=O) groups is 1. The van der Waals surface area contributed by atoms with Crippen LogP contribution in [0, 0.1) is 0 Å². The van der Waals surface area contributed by atoms with Crippen LogP contribution in [0.5, 0.6) is 5.75 Å². The maximum absolute atomic E-state index is 12.4. The quantitative estimate of drug-likeness (QED) is 0.614. The van der Waals surface area contributed by atoms with Crippen molar-refractivity contribution in [3.05, 3.63) is 102 Å². The summed E-state index contributed by atoms with van der Waals surface area (Å²) in [7, 11) is 0. The Kier molecular flexibility index (Phi) is 6.43. The highest BCUT2D eigenvalue weighted by Crippen LogP contribution is 2.27. The Bertz CT molecular complexity index is 749. The van der Waals surface area contributed by atoms with Crippen molar-refractivity contribution in [2.45, 2.75) is 12.3 Å². The van der Waals surface area contributed by atoms with Crippen molar-refractivity contribution in [3.63, 3.8) is 0 Å². The van der Waals surface area contributed by atoms with Gasteiger partial charge in [-0.3, -0.25) is 4.79 Å². The van der Waals surface area contributed by atoms with E-state index in [4.69, 9.17) is 4.74 Å². The van der Waals surface area contributed by atoms with Gasteiger partial charge in [-0.05, 0) is 23.3 Å². The number of amides is 1. The summed E-state index contributed by atoms with van der Waals surface area (Å²) in [5.41, 5.74) is 2.30. The monoisotopic (exact) mass is 345 g/mol. The van der Waals surface area contributed by atoms with Crippen molar-refractivity contribution < 1.29 is 9.53 Å². The fourth-order valence-corrected chi connectivity index (χ4v) is 2.93. The van der Waals surface area contributed by atoms with Gasteiger partial charge in [0, 0.05) is 12.3 Å². The molecule has 1 amide bonds. The Balaban J connectivity index is 1.56. The molecule has 0 aliphatic heterocycles. The van der Waals surface area contributed by atoms with Crippen LogP contribution in [0.1, 0.15) is 23.5 Å². The summed E-state index contributed by atoms with van der Waals surface area (Å²) in [6, 6.07) is 29.9. The molecule has 3 rings (SSSR count). The molecule has 132 valence electrons. The highest BCUT2D eigenvalue weighted by molar-refractivity contribution is 5.77. The maximum atomic E-state index is 12.4. The topological polar surface area (TPSA) is 38.3 Å². The highest BCUT2D eigenvalue weighted by Gasteiger charge is 2.17. The Hall–Kier alpha value is -3.07. The standard InChI is InChI=1S/C23H23NO2/c25-23(24-16-17-26-21-14-8-3-9-15-21)18-22(19-10-4-1-5-11-19)20-12-6-2-7-13-20/h1-15,22H,16-18H2,(H,24,25). The normalized spacial score (nSPS) is 10.5. The maximum Gasteiger partial charge on any atom is 0.221 e. The lowest BCUT2D eigenvalue weighted by Gasteiger charge is -2.18. The minimum Gasteiger partial charge on any atom is -0.492 e. The third-order valence-electron chi connectivity index (χ3n) is 4.23. The molecule has 3 aromatic rings. The lowest BCUT2D eigenvalue weighted by atomic mass is 9.88. The summed E-state index contributed by atoms with van der Waals surface area (Å²) in [5.74, 6) is 0.889. The number of carbonyl (C=O) groups excluding carboxylic acids is 1. The predicted molar refractivity (Wildman–Crippen MR) is 104 cm³/mol. The van der Waals surface area contributed by atoms with Gasteiger partial charge in [0.1, 0.15) is 12.4 Å². The van der Waals surface area contributed by atoms with Gasteiger partial charge in [0.25, 0.3) is 0 Å². The van der Waals surface area contributed by atoms with E-state index in [1.165, 1.54) is 0 Å². The average molecular weight is 345 g/mol. The molecule has 26 heavy (non-hydrogen) atoms. The molecular weight excluding hydrogens is 322 g/mol. The summed E-state index contributed by atoms with van der Waals surface area (Å²) >= 11 is 0. The van der Waals surface area contributed by atoms with Crippen LogP contribution in [0.3, 0.4) is 0 Å². The number of para-hydroxylation sites is 1. The van der Waals surface area contributed by atoms with Crippen LogP contribution in [0.25, 0.3) is 0 Å². The fourth-order valence-electron chi connectivity index (χ4n) is 2.93. The molecule has 3 aromatic carbocycles. The van der Waals surface area contributed by atoms with Gasteiger partial charge < -0.3 is 10.1 Å². The second-order valence-electron chi connectivity index (χ2n) is 6.09. The Morgan fingerprint density at radius 2 is 1.27 bits per heavy atom. The summed E-state index contributed by atoms with van der Waals surface area (Å²) in [6.07, 6.45) is 0.416. The van der Waals surface area contributed by atoms with Gasteiger partial charge in [-0.15, -0.1) is 0 Å². The number of benzene rings is 3. The summed E-state index contributed by atoms with van der Waals surface area (Å²) in [5, 5.41) is 2.96. The summed E-state index contributed by atoms with van der Waals surface area (Å²) in [6.45, 7) is 0.946. The zero-order valence-electron chi connectivity index (χ0n) is 14.7. The lowest BCUT2D eigenvalue weighted by Crippen LogP contribution is -2.29. The average Bonchev–Trinajstić information content (AvgIpc) is 2.71. The zero-order chi connectivity index (χ0) is 18.0. The molecule has 0 aliphatic rings. The third-order valence-corrected chi connectivity index (χ3v) is 4.23. The first-order valence-corrected chi connectivity index (χ1v) is 8.87. The second-order valence-corrected chi connectivity index (χ2v) is 6.09. The smallest absolute Gasteiger partial charge is 0.221 e. The molecule has 0 bridgehead atoms. The van der Waals surface area contributed by atoms with Crippen LogP contribution in [0.15, 0.2) is 91.0 Å². The molecule has 1 N–H and O–H groups in total. The molecule has 0 radical (unpaired) electrons. The number of hydrogen-bond donors (Lipinski definition) is 1. The third kappa shape index (κ3) is 5.21. The van der Waals surface area contributed by atoms with Crippen molar-refractivity contribution in [3.8, 4) is 5.75 Å². The zero-order valence-corrected chi connectivity index (χ0v) is 14.7. The van der Waals surface area contributed by atoms with Crippen LogP contribution >= 0.6 is 0 Å². The van der Waals surface area contributed by atoms with Crippen molar-refractivity contribution >= 4 is 5.91 Å². The number of hydrogen-bond acceptors (Lipinski definition) is 2. The summed E-state index contributed by atoms with van der Waals surface area (Å²) in [4.78, 5) is 12.4. The molecule has 3 heteroatoms. The van der Waals surface area contributed by atoms with Gasteiger partial charge in [0.2, 0.25) is 5.91 Å². The van der Waals surface area contributed by atoms with Gasteiger partial charge in [0.15, 0.2) is 0 Å². The molecule has 0 atom stereocenters. The van der Waals surface area contributed by atoms with Gasteiger partial charge >= 0.3 is 0 Å². The van der Waals surface area contributed by atoms with E-state index in [2.05, 4.69) is 29.6 Å². The number of rotatable bonds is 8. The van der Waals surface area contributed by atoms with Gasteiger partial charge in [-0.25, -0.2) is 0 Å². The van der Waals surface area contributed by atoms with E-state index in [-0.39, 0.29) is 11.8 Å². The van der Waals surface area contributed by atoms with E-state index in [1.807, 2.05) is 66.7 Å². The minimum atomic E-state index is 0.0272. The molecule has 3 nitrogen and oxygen atoms in total. The predicted octanol–water partition coefficient (Wildman–Crippen LogP) is 4.40. The Morgan fingerprint density at radius 3 is 1.81 bits per heavy atom. The van der Waals surface area contributed by atoms with Gasteiger partial charge in [0.05, 0.1) is 6.54 Å². The molecular formula is C23H23NO2. The van der Waals surface area contributed by atoms with Crippen molar-refractivity contribution in [1.82, 2.24) is 5.32 Å². The first kappa shape index (κ1) is 17.7. The van der Waals surface area contributed by atoms with E-state index >= 15 is 0 Å². The Morgan fingerprint density at radius 1 is 0.769 bits per heavy atom. The molecule has 0 aliphatic carbocycles.